The number of nitrogen functional groups attached to an aromatic ring is 1. The summed E-state index contributed by atoms with van der Waals surface area (Å²) in [5.41, 5.74) is 7.32. The molecule has 1 heterocycles. The first kappa shape index (κ1) is 12.5. The Balaban J connectivity index is 2.20. The third kappa shape index (κ3) is 2.83. The maximum Gasteiger partial charge on any atom is 0.146 e. The van der Waals surface area contributed by atoms with Gasteiger partial charge in [0.2, 0.25) is 0 Å². The Morgan fingerprint density at radius 2 is 1.72 bits per heavy atom. The normalized spacial score (nSPS) is 11.5. The Morgan fingerprint density at radius 1 is 1.06 bits per heavy atom. The fourth-order valence-electron chi connectivity index (χ4n) is 1.92. The van der Waals surface area contributed by atoms with Gasteiger partial charge in [-0.2, -0.15) is 5.10 Å². The zero-order chi connectivity index (χ0) is 13.2. The summed E-state index contributed by atoms with van der Waals surface area (Å²) in [5.74, 6) is 0.195. The second kappa shape index (κ2) is 4.72. The molecule has 0 fully saturated rings. The quantitative estimate of drug-likeness (QED) is 0.904. The molecule has 2 N–H and O–H groups in total. The fourth-order valence-corrected chi connectivity index (χ4v) is 1.92. The van der Waals surface area contributed by atoms with Crippen molar-refractivity contribution in [3.05, 3.63) is 53.5 Å². The summed E-state index contributed by atoms with van der Waals surface area (Å²) in [5, 5.41) is 7.90. The number of anilines is 1. The number of aromatic nitrogens is 2. The first-order valence-corrected chi connectivity index (χ1v) is 5.81. The maximum atomic E-state index is 12.9. The Hall–Kier alpha value is -1.97. The van der Waals surface area contributed by atoms with Gasteiger partial charge in [-0.1, -0.05) is 26.0 Å². The van der Waals surface area contributed by atoms with Crippen molar-refractivity contribution in [1.82, 2.24) is 10.2 Å². The van der Waals surface area contributed by atoms with Gasteiger partial charge < -0.3 is 5.73 Å². The number of halogens is 1. The van der Waals surface area contributed by atoms with Crippen molar-refractivity contribution in [3.8, 4) is 0 Å². The molecule has 0 saturated heterocycles. The minimum Gasteiger partial charge on any atom is -0.382 e. The number of nitrogens with zero attached hydrogens (tertiary/aromatic N) is 2. The Labute approximate surface area is 106 Å². The topological polar surface area (TPSA) is 51.8 Å². The molecule has 94 valence electrons. The molecule has 0 spiro atoms. The molecule has 4 heteroatoms. The lowest BCUT2D eigenvalue weighted by molar-refractivity contribution is 0.510. The van der Waals surface area contributed by atoms with Crippen molar-refractivity contribution in [2.45, 2.75) is 25.7 Å². The van der Waals surface area contributed by atoms with E-state index >= 15 is 0 Å². The van der Waals surface area contributed by atoms with Crippen LogP contribution in [0.1, 0.15) is 25.1 Å². The molecule has 0 radical (unpaired) electrons. The third-order valence-electron chi connectivity index (χ3n) is 2.99. The van der Waals surface area contributed by atoms with Crippen LogP contribution in [0.15, 0.2) is 36.4 Å². The molecule has 0 atom stereocenters. The van der Waals surface area contributed by atoms with Crippen LogP contribution < -0.4 is 5.73 Å². The van der Waals surface area contributed by atoms with Gasteiger partial charge in [-0.3, -0.25) is 0 Å². The molecule has 0 bridgehead atoms. The molecule has 0 amide bonds. The molecule has 0 aliphatic heterocycles. The van der Waals surface area contributed by atoms with Crippen LogP contribution in [0.5, 0.6) is 0 Å². The average molecular weight is 245 g/mol. The van der Waals surface area contributed by atoms with E-state index < -0.39 is 0 Å². The summed E-state index contributed by atoms with van der Waals surface area (Å²) in [4.78, 5) is 0. The molecule has 0 saturated carbocycles. The predicted octanol–water partition coefficient (Wildman–Crippen LogP) is 2.72. The predicted molar refractivity (Wildman–Crippen MR) is 69.6 cm³/mol. The lowest BCUT2D eigenvalue weighted by Crippen LogP contribution is -2.21. The Bertz CT molecular complexity index is 518. The van der Waals surface area contributed by atoms with Gasteiger partial charge in [-0.25, -0.2) is 4.39 Å². The molecule has 2 rings (SSSR count). The number of hydrogen-bond acceptors (Lipinski definition) is 3. The van der Waals surface area contributed by atoms with Crippen LogP contribution in [0, 0.1) is 5.82 Å². The summed E-state index contributed by atoms with van der Waals surface area (Å²) in [6.07, 6.45) is 0.728. The first-order valence-electron chi connectivity index (χ1n) is 5.81. The van der Waals surface area contributed by atoms with E-state index in [4.69, 9.17) is 5.73 Å². The van der Waals surface area contributed by atoms with Gasteiger partial charge in [0, 0.05) is 6.42 Å². The highest BCUT2D eigenvalue weighted by molar-refractivity contribution is 5.29. The minimum atomic E-state index is -0.221. The van der Waals surface area contributed by atoms with E-state index in [0.29, 0.717) is 5.82 Å². The second-order valence-electron chi connectivity index (χ2n) is 5.02. The van der Waals surface area contributed by atoms with Crippen molar-refractivity contribution < 1.29 is 4.39 Å². The molecule has 1 aromatic heterocycles. The van der Waals surface area contributed by atoms with Crippen molar-refractivity contribution in [1.29, 1.82) is 0 Å². The fraction of sp³-hybridized carbons (Fsp3) is 0.286. The summed E-state index contributed by atoms with van der Waals surface area (Å²) >= 11 is 0. The van der Waals surface area contributed by atoms with Gasteiger partial charge in [-0.15, -0.1) is 5.10 Å². The van der Waals surface area contributed by atoms with E-state index in [1.165, 1.54) is 12.1 Å². The molecule has 18 heavy (non-hydrogen) atoms. The van der Waals surface area contributed by atoms with Crippen LogP contribution in [-0.2, 0) is 11.8 Å². The number of nitrogens with two attached hydrogens (primary N) is 1. The highest BCUT2D eigenvalue weighted by Crippen LogP contribution is 2.27. The first-order chi connectivity index (χ1) is 8.47. The van der Waals surface area contributed by atoms with E-state index in [2.05, 4.69) is 24.0 Å². The molecular weight excluding hydrogens is 229 g/mol. The Kier molecular flexibility index (Phi) is 3.28. The van der Waals surface area contributed by atoms with Crippen LogP contribution >= 0.6 is 0 Å². The Morgan fingerprint density at radius 3 is 2.28 bits per heavy atom. The van der Waals surface area contributed by atoms with Gasteiger partial charge >= 0.3 is 0 Å². The lowest BCUT2D eigenvalue weighted by atomic mass is 9.80. The highest BCUT2D eigenvalue weighted by Gasteiger charge is 2.22. The van der Waals surface area contributed by atoms with Crippen molar-refractivity contribution in [3.63, 3.8) is 0 Å². The van der Waals surface area contributed by atoms with E-state index in [1.54, 1.807) is 18.2 Å². The molecule has 1 aromatic carbocycles. The largest absolute Gasteiger partial charge is 0.382 e. The van der Waals surface area contributed by atoms with Gasteiger partial charge in [0.25, 0.3) is 0 Å². The van der Waals surface area contributed by atoms with Crippen molar-refractivity contribution in [2.24, 2.45) is 0 Å². The molecule has 3 nitrogen and oxygen atoms in total. The monoisotopic (exact) mass is 245 g/mol. The SMILES string of the molecule is CC(C)(Cc1ccc(N)nn1)c1ccc(F)cc1. The minimum absolute atomic E-state index is 0.126. The van der Waals surface area contributed by atoms with Crippen LogP contribution in [0.2, 0.25) is 0 Å². The maximum absolute atomic E-state index is 12.9. The van der Waals surface area contributed by atoms with E-state index in [0.717, 1.165) is 17.7 Å². The third-order valence-corrected chi connectivity index (χ3v) is 2.99. The summed E-state index contributed by atoms with van der Waals surface area (Å²) < 4.78 is 12.9. The second-order valence-corrected chi connectivity index (χ2v) is 5.02. The molecule has 0 aliphatic carbocycles. The summed E-state index contributed by atoms with van der Waals surface area (Å²) in [7, 11) is 0. The van der Waals surface area contributed by atoms with Crippen LogP contribution in [0.4, 0.5) is 10.2 Å². The van der Waals surface area contributed by atoms with E-state index in [9.17, 15) is 4.39 Å². The zero-order valence-corrected chi connectivity index (χ0v) is 10.5. The van der Waals surface area contributed by atoms with Crippen LogP contribution in [0.25, 0.3) is 0 Å². The van der Waals surface area contributed by atoms with Gasteiger partial charge in [0.05, 0.1) is 5.69 Å². The van der Waals surface area contributed by atoms with E-state index in [-0.39, 0.29) is 11.2 Å². The van der Waals surface area contributed by atoms with Crippen LogP contribution in [-0.4, -0.2) is 10.2 Å². The highest BCUT2D eigenvalue weighted by atomic mass is 19.1. The summed E-state index contributed by atoms with van der Waals surface area (Å²) in [6.45, 7) is 4.19. The molecule has 2 aromatic rings. The van der Waals surface area contributed by atoms with Crippen molar-refractivity contribution >= 4 is 5.82 Å². The smallest absolute Gasteiger partial charge is 0.146 e. The van der Waals surface area contributed by atoms with Gasteiger partial charge in [0.1, 0.15) is 11.6 Å². The molecular formula is C14H16FN3. The zero-order valence-electron chi connectivity index (χ0n) is 10.5. The van der Waals surface area contributed by atoms with Crippen LogP contribution in [0.3, 0.4) is 0 Å². The standard InChI is InChI=1S/C14H16FN3/c1-14(2,10-3-5-11(15)6-4-10)9-12-7-8-13(16)18-17-12/h3-8H,9H2,1-2H3,(H2,16,18). The van der Waals surface area contributed by atoms with Crippen molar-refractivity contribution in [2.75, 3.05) is 5.73 Å². The number of rotatable bonds is 3. The average Bonchev–Trinajstić information content (AvgIpc) is 2.32. The van der Waals surface area contributed by atoms with E-state index in [1.807, 2.05) is 6.07 Å². The van der Waals surface area contributed by atoms with Gasteiger partial charge in [-0.05, 0) is 35.2 Å². The lowest BCUT2D eigenvalue weighted by Gasteiger charge is -2.24. The molecule has 0 unspecified atom stereocenters. The number of hydrogen-bond donors (Lipinski definition) is 1. The number of benzene rings is 1. The molecule has 0 aliphatic rings. The van der Waals surface area contributed by atoms with Gasteiger partial charge in [0.15, 0.2) is 0 Å². The summed E-state index contributed by atoms with van der Waals surface area (Å²) in [6, 6.07) is 10.2.